The Labute approximate surface area is 152 Å². The molecule has 2 heterocycles. The summed E-state index contributed by atoms with van der Waals surface area (Å²) in [4.78, 5) is 4.13. The molecule has 1 aromatic heterocycles. The number of thioether (sulfide) groups is 2. The first-order chi connectivity index (χ1) is 11.2. The molecule has 2 unspecified atom stereocenters. The van der Waals surface area contributed by atoms with Gasteiger partial charge in [-0.25, -0.2) is 4.98 Å². The number of hydrogen-bond acceptors (Lipinski definition) is 3. The van der Waals surface area contributed by atoms with Crippen LogP contribution in [0, 0.1) is 0 Å². The van der Waals surface area contributed by atoms with Crippen LogP contribution in [0.3, 0.4) is 0 Å². The standard InChI is InChI=1S/C18H23ClN2S2/c1-2-17-13-22-18(23-17,8-3-10-21-11-9-20-14-21)12-15-4-6-16(19)7-5-15/h4-7,9,11,14,17H,2-3,8,10,12-13H2,1H3. The van der Waals surface area contributed by atoms with Gasteiger partial charge in [0.2, 0.25) is 0 Å². The molecular formula is C18H23ClN2S2. The highest BCUT2D eigenvalue weighted by atomic mass is 35.5. The van der Waals surface area contributed by atoms with Crippen LogP contribution in [0.5, 0.6) is 0 Å². The largest absolute Gasteiger partial charge is 0.337 e. The van der Waals surface area contributed by atoms with E-state index in [1.54, 1.807) is 0 Å². The molecule has 0 spiro atoms. The van der Waals surface area contributed by atoms with E-state index in [4.69, 9.17) is 11.6 Å². The van der Waals surface area contributed by atoms with Crippen LogP contribution in [0.4, 0.5) is 0 Å². The number of nitrogens with zero attached hydrogens (tertiary/aromatic N) is 2. The number of aryl methyl sites for hydroxylation is 1. The molecule has 0 bridgehead atoms. The first kappa shape index (κ1) is 17.2. The molecule has 1 fully saturated rings. The van der Waals surface area contributed by atoms with Crippen LogP contribution in [0.2, 0.25) is 5.02 Å². The van der Waals surface area contributed by atoms with Gasteiger partial charge in [0.1, 0.15) is 0 Å². The maximum absolute atomic E-state index is 6.03. The fourth-order valence-corrected chi connectivity index (χ4v) is 7.05. The van der Waals surface area contributed by atoms with Gasteiger partial charge in [-0.05, 0) is 43.4 Å². The summed E-state index contributed by atoms with van der Waals surface area (Å²) in [6.07, 6.45) is 10.6. The topological polar surface area (TPSA) is 17.8 Å². The van der Waals surface area contributed by atoms with Gasteiger partial charge in [-0.15, -0.1) is 23.5 Å². The molecule has 1 aliphatic rings. The first-order valence-electron chi connectivity index (χ1n) is 8.21. The number of imidazole rings is 1. The summed E-state index contributed by atoms with van der Waals surface area (Å²) in [5.41, 5.74) is 1.40. The van der Waals surface area contributed by atoms with Crippen LogP contribution >= 0.6 is 35.1 Å². The summed E-state index contributed by atoms with van der Waals surface area (Å²) in [5.74, 6) is 1.28. The zero-order valence-corrected chi connectivity index (χ0v) is 15.8. The third-order valence-corrected chi connectivity index (χ3v) is 8.45. The Kier molecular flexibility index (Phi) is 6.00. The fourth-order valence-electron chi connectivity index (χ4n) is 2.99. The van der Waals surface area contributed by atoms with E-state index in [0.29, 0.717) is 4.08 Å². The third-order valence-electron chi connectivity index (χ3n) is 4.29. The normalized spacial score (nSPS) is 24.2. The lowest BCUT2D eigenvalue weighted by Crippen LogP contribution is -2.22. The van der Waals surface area contributed by atoms with Crippen molar-refractivity contribution in [3.8, 4) is 0 Å². The second-order valence-electron chi connectivity index (χ2n) is 6.08. The summed E-state index contributed by atoms with van der Waals surface area (Å²) < 4.78 is 2.49. The van der Waals surface area contributed by atoms with Crippen LogP contribution in [0.15, 0.2) is 43.0 Å². The van der Waals surface area contributed by atoms with Crippen molar-refractivity contribution >= 4 is 35.1 Å². The van der Waals surface area contributed by atoms with E-state index >= 15 is 0 Å². The first-order valence-corrected chi connectivity index (χ1v) is 10.5. The van der Waals surface area contributed by atoms with Gasteiger partial charge in [0.05, 0.1) is 10.4 Å². The van der Waals surface area contributed by atoms with Gasteiger partial charge in [-0.3, -0.25) is 0 Å². The number of rotatable bonds is 7. The minimum absolute atomic E-state index is 0.315. The third kappa shape index (κ3) is 4.71. The van der Waals surface area contributed by atoms with Crippen LogP contribution in [0.25, 0.3) is 0 Å². The zero-order valence-electron chi connectivity index (χ0n) is 13.5. The van der Waals surface area contributed by atoms with Crippen LogP contribution < -0.4 is 0 Å². The van der Waals surface area contributed by atoms with Crippen molar-refractivity contribution in [1.29, 1.82) is 0 Å². The zero-order chi connectivity index (χ0) is 16.1. The maximum atomic E-state index is 6.03. The smallest absolute Gasteiger partial charge is 0.0945 e. The Hall–Kier alpha value is -0.580. The molecule has 5 heteroatoms. The van der Waals surface area contributed by atoms with E-state index in [1.165, 1.54) is 30.6 Å². The minimum Gasteiger partial charge on any atom is -0.337 e. The van der Waals surface area contributed by atoms with Crippen molar-refractivity contribution in [3.63, 3.8) is 0 Å². The van der Waals surface area contributed by atoms with Gasteiger partial charge in [0.25, 0.3) is 0 Å². The van der Waals surface area contributed by atoms with E-state index < -0.39 is 0 Å². The van der Waals surface area contributed by atoms with E-state index in [0.717, 1.165) is 23.2 Å². The average Bonchev–Trinajstić information content (AvgIpc) is 3.20. The monoisotopic (exact) mass is 366 g/mol. The van der Waals surface area contributed by atoms with Gasteiger partial charge in [-0.1, -0.05) is 30.7 Å². The Morgan fingerprint density at radius 2 is 2.17 bits per heavy atom. The molecule has 2 atom stereocenters. The Morgan fingerprint density at radius 3 is 2.83 bits per heavy atom. The van der Waals surface area contributed by atoms with E-state index in [2.05, 4.69) is 58.3 Å². The van der Waals surface area contributed by atoms with Gasteiger partial charge in [0, 0.05) is 35.0 Å². The van der Waals surface area contributed by atoms with E-state index in [9.17, 15) is 0 Å². The molecule has 0 amide bonds. The van der Waals surface area contributed by atoms with Crippen molar-refractivity contribution in [2.45, 2.75) is 48.5 Å². The maximum Gasteiger partial charge on any atom is 0.0945 e. The lowest BCUT2D eigenvalue weighted by atomic mass is 10.1. The van der Waals surface area contributed by atoms with Crippen LogP contribution in [0.1, 0.15) is 31.7 Å². The predicted octanol–water partition coefficient (Wildman–Crippen LogP) is 5.51. The molecule has 0 N–H and O–H groups in total. The van der Waals surface area contributed by atoms with Gasteiger partial charge < -0.3 is 4.57 Å². The van der Waals surface area contributed by atoms with E-state index in [1.807, 2.05) is 24.7 Å². The molecule has 0 aliphatic carbocycles. The fraction of sp³-hybridized carbons (Fsp3) is 0.500. The summed E-state index contributed by atoms with van der Waals surface area (Å²) in [6.45, 7) is 3.36. The second-order valence-corrected chi connectivity index (χ2v) is 9.86. The number of benzene rings is 1. The number of hydrogen-bond donors (Lipinski definition) is 0. The molecule has 1 aromatic carbocycles. The highest BCUT2D eigenvalue weighted by Crippen LogP contribution is 2.53. The molecular weight excluding hydrogens is 344 g/mol. The molecule has 3 rings (SSSR count). The van der Waals surface area contributed by atoms with Gasteiger partial charge in [0.15, 0.2) is 0 Å². The Bertz CT molecular complexity index is 600. The van der Waals surface area contributed by atoms with Crippen molar-refractivity contribution in [1.82, 2.24) is 9.55 Å². The van der Waals surface area contributed by atoms with Crippen molar-refractivity contribution in [2.75, 3.05) is 5.75 Å². The summed E-state index contributed by atoms with van der Waals surface area (Å²) in [6, 6.07) is 8.38. The van der Waals surface area contributed by atoms with Crippen molar-refractivity contribution in [2.24, 2.45) is 0 Å². The highest BCUT2D eigenvalue weighted by molar-refractivity contribution is 8.21. The molecule has 0 saturated carbocycles. The second kappa shape index (κ2) is 8.00. The molecule has 23 heavy (non-hydrogen) atoms. The molecule has 1 aliphatic heterocycles. The molecule has 1 saturated heterocycles. The van der Waals surface area contributed by atoms with Crippen molar-refractivity contribution in [3.05, 3.63) is 53.6 Å². The molecule has 2 nitrogen and oxygen atoms in total. The van der Waals surface area contributed by atoms with Gasteiger partial charge in [-0.2, -0.15) is 0 Å². The Balaban J connectivity index is 1.65. The average molecular weight is 367 g/mol. The summed E-state index contributed by atoms with van der Waals surface area (Å²) >= 11 is 10.4. The van der Waals surface area contributed by atoms with Crippen molar-refractivity contribution < 1.29 is 0 Å². The highest BCUT2D eigenvalue weighted by Gasteiger charge is 2.39. The Morgan fingerprint density at radius 1 is 1.35 bits per heavy atom. The molecule has 0 radical (unpaired) electrons. The molecule has 2 aromatic rings. The van der Waals surface area contributed by atoms with E-state index in [-0.39, 0.29) is 0 Å². The quantitative estimate of drug-likeness (QED) is 0.643. The summed E-state index contributed by atoms with van der Waals surface area (Å²) in [7, 11) is 0. The van der Waals surface area contributed by atoms with Gasteiger partial charge >= 0.3 is 0 Å². The predicted molar refractivity (Wildman–Crippen MR) is 103 cm³/mol. The summed E-state index contributed by atoms with van der Waals surface area (Å²) in [5, 5.41) is 1.61. The minimum atomic E-state index is 0.315. The lowest BCUT2D eigenvalue weighted by molar-refractivity contribution is 0.578. The molecule has 124 valence electrons. The number of aromatic nitrogens is 2. The van der Waals surface area contributed by atoms with Crippen LogP contribution in [-0.2, 0) is 13.0 Å². The SMILES string of the molecule is CCC1CSC(CCCn2ccnc2)(Cc2ccc(Cl)cc2)S1. The lowest BCUT2D eigenvalue weighted by Gasteiger charge is -2.28. The number of halogens is 1. The van der Waals surface area contributed by atoms with Crippen LogP contribution in [-0.4, -0.2) is 24.6 Å².